The normalized spacial score (nSPS) is 10.8. The van der Waals surface area contributed by atoms with Crippen LogP contribution in [-0.4, -0.2) is 10.1 Å². The van der Waals surface area contributed by atoms with E-state index >= 15 is 0 Å². The number of rotatable bonds is 4. The molecule has 0 radical (unpaired) electrons. The van der Waals surface area contributed by atoms with Crippen molar-refractivity contribution in [3.8, 4) is 5.75 Å². The van der Waals surface area contributed by atoms with Crippen LogP contribution in [0.4, 0.5) is 4.39 Å². The second kappa shape index (κ2) is 5.89. The van der Waals surface area contributed by atoms with Gasteiger partial charge >= 0.3 is 0 Å². The fourth-order valence-electron chi connectivity index (χ4n) is 2.18. The fraction of sp³-hybridized carbons (Fsp3) is 0.118. The highest BCUT2D eigenvalue weighted by atomic mass is 19.1. The summed E-state index contributed by atoms with van der Waals surface area (Å²) in [5.74, 6) is -0.00963. The minimum absolute atomic E-state index is 0.213. The second-order valence-corrected chi connectivity index (χ2v) is 4.77. The molecule has 3 rings (SSSR count). The van der Waals surface area contributed by atoms with E-state index in [9.17, 15) is 4.39 Å². The highest BCUT2D eigenvalue weighted by Gasteiger charge is 2.03. The van der Waals surface area contributed by atoms with E-state index in [1.54, 1.807) is 12.3 Å². The van der Waals surface area contributed by atoms with Crippen LogP contribution in [0, 0.1) is 5.82 Å². The quantitative estimate of drug-likeness (QED) is 0.797. The zero-order chi connectivity index (χ0) is 14.7. The summed E-state index contributed by atoms with van der Waals surface area (Å²) in [6.07, 6.45) is 1.75. The molecule has 0 saturated carbocycles. The molecule has 0 bridgehead atoms. The maximum Gasteiger partial charge on any atom is 0.127 e. The Morgan fingerprint density at radius 2 is 1.95 bits per heavy atom. The van der Waals surface area contributed by atoms with Gasteiger partial charge in [0.25, 0.3) is 0 Å². The van der Waals surface area contributed by atoms with Crippen molar-refractivity contribution in [2.45, 2.75) is 13.2 Å². The molecule has 0 spiro atoms. The number of fused-ring (bicyclic) bond motifs is 1. The number of nitrogens with zero attached hydrogens (tertiary/aromatic N) is 1. The Kier molecular flexibility index (Phi) is 3.79. The molecule has 0 amide bonds. The maximum atomic E-state index is 13.3. The van der Waals surface area contributed by atoms with Crippen LogP contribution in [0.2, 0.25) is 0 Å². The average molecular weight is 283 g/mol. The van der Waals surface area contributed by atoms with Crippen LogP contribution in [-0.2, 0) is 13.2 Å². The molecule has 0 atom stereocenters. The summed E-state index contributed by atoms with van der Waals surface area (Å²) in [7, 11) is 0. The zero-order valence-electron chi connectivity index (χ0n) is 11.3. The summed E-state index contributed by atoms with van der Waals surface area (Å²) in [5.41, 5.74) is 2.40. The van der Waals surface area contributed by atoms with E-state index in [0.29, 0.717) is 17.9 Å². The molecule has 2 aromatic carbocycles. The molecule has 0 fully saturated rings. The van der Waals surface area contributed by atoms with E-state index in [-0.39, 0.29) is 6.61 Å². The molecule has 1 aromatic heterocycles. The Hall–Kier alpha value is -2.46. The smallest absolute Gasteiger partial charge is 0.127 e. The van der Waals surface area contributed by atoms with Crippen molar-refractivity contribution in [2.24, 2.45) is 0 Å². The highest BCUT2D eigenvalue weighted by Crippen LogP contribution is 2.19. The van der Waals surface area contributed by atoms with Gasteiger partial charge in [-0.05, 0) is 41.5 Å². The summed E-state index contributed by atoms with van der Waals surface area (Å²) in [4.78, 5) is 4.26. The van der Waals surface area contributed by atoms with E-state index in [0.717, 1.165) is 16.5 Å². The van der Waals surface area contributed by atoms with Gasteiger partial charge in [0.15, 0.2) is 0 Å². The van der Waals surface area contributed by atoms with Crippen molar-refractivity contribution in [3.63, 3.8) is 0 Å². The molecule has 0 aliphatic carbocycles. The number of aliphatic hydroxyl groups is 1. The minimum Gasteiger partial charge on any atom is -0.489 e. The Morgan fingerprint density at radius 1 is 1.05 bits per heavy atom. The van der Waals surface area contributed by atoms with Crippen LogP contribution in [0.1, 0.15) is 11.1 Å². The second-order valence-electron chi connectivity index (χ2n) is 4.77. The Labute approximate surface area is 121 Å². The van der Waals surface area contributed by atoms with Crippen molar-refractivity contribution < 1.29 is 14.2 Å². The number of pyridine rings is 1. The molecule has 4 heteroatoms. The third kappa shape index (κ3) is 3.17. The predicted octanol–water partition coefficient (Wildman–Crippen LogP) is 3.45. The molecule has 1 N–H and O–H groups in total. The van der Waals surface area contributed by atoms with Crippen LogP contribution < -0.4 is 4.74 Å². The number of halogens is 1. The topological polar surface area (TPSA) is 42.4 Å². The first-order chi connectivity index (χ1) is 10.2. The summed E-state index contributed by atoms with van der Waals surface area (Å²) < 4.78 is 18.9. The summed E-state index contributed by atoms with van der Waals surface area (Å²) >= 11 is 0. The van der Waals surface area contributed by atoms with Gasteiger partial charge < -0.3 is 9.84 Å². The van der Waals surface area contributed by atoms with Gasteiger partial charge in [-0.25, -0.2) is 4.39 Å². The lowest BCUT2D eigenvalue weighted by Crippen LogP contribution is -1.97. The van der Waals surface area contributed by atoms with Gasteiger partial charge in [0.05, 0.1) is 12.1 Å². The lowest BCUT2D eigenvalue weighted by atomic mass is 10.1. The third-order valence-electron chi connectivity index (χ3n) is 3.19. The number of hydrogen-bond acceptors (Lipinski definition) is 3. The SMILES string of the molecule is OCc1cc(F)cc(OCc2ccc3ncccc3c2)c1. The van der Waals surface area contributed by atoms with Crippen LogP contribution in [0.5, 0.6) is 5.75 Å². The molecule has 21 heavy (non-hydrogen) atoms. The fourth-order valence-corrected chi connectivity index (χ4v) is 2.18. The molecule has 106 valence electrons. The van der Waals surface area contributed by atoms with Gasteiger partial charge in [-0.3, -0.25) is 4.98 Å². The molecule has 1 heterocycles. The predicted molar refractivity (Wildman–Crippen MR) is 78.4 cm³/mol. The number of hydrogen-bond donors (Lipinski definition) is 1. The van der Waals surface area contributed by atoms with E-state index in [4.69, 9.17) is 9.84 Å². The highest BCUT2D eigenvalue weighted by molar-refractivity contribution is 5.78. The van der Waals surface area contributed by atoms with Gasteiger partial charge in [0.2, 0.25) is 0 Å². The molecular formula is C17H14FNO2. The van der Waals surface area contributed by atoms with Crippen LogP contribution in [0.15, 0.2) is 54.7 Å². The summed E-state index contributed by atoms with van der Waals surface area (Å²) in [6.45, 7) is 0.120. The molecule has 0 saturated heterocycles. The average Bonchev–Trinajstić information content (AvgIpc) is 2.52. The number of aliphatic hydroxyl groups excluding tert-OH is 1. The number of benzene rings is 2. The van der Waals surface area contributed by atoms with Gasteiger partial charge in [-0.1, -0.05) is 12.1 Å². The van der Waals surface area contributed by atoms with Crippen LogP contribution >= 0.6 is 0 Å². The van der Waals surface area contributed by atoms with Gasteiger partial charge in [-0.15, -0.1) is 0 Å². The van der Waals surface area contributed by atoms with Gasteiger partial charge in [-0.2, -0.15) is 0 Å². The first kappa shape index (κ1) is 13.5. The monoisotopic (exact) mass is 283 g/mol. The van der Waals surface area contributed by atoms with E-state index < -0.39 is 5.82 Å². The lowest BCUT2D eigenvalue weighted by molar-refractivity contribution is 0.276. The minimum atomic E-state index is -0.417. The standard InChI is InChI=1S/C17H14FNO2/c18-15-7-13(10-20)8-16(9-15)21-11-12-3-4-17-14(6-12)2-1-5-19-17/h1-9,20H,10-11H2. The van der Waals surface area contributed by atoms with Crippen LogP contribution in [0.25, 0.3) is 10.9 Å². The molecule has 0 aliphatic rings. The van der Waals surface area contributed by atoms with E-state index in [1.807, 2.05) is 30.3 Å². The zero-order valence-corrected chi connectivity index (χ0v) is 11.3. The molecule has 0 unspecified atom stereocenters. The number of aromatic nitrogens is 1. The van der Waals surface area contributed by atoms with E-state index in [1.165, 1.54) is 12.1 Å². The third-order valence-corrected chi connectivity index (χ3v) is 3.19. The van der Waals surface area contributed by atoms with Crippen molar-refractivity contribution in [1.82, 2.24) is 4.98 Å². The van der Waals surface area contributed by atoms with Crippen molar-refractivity contribution in [3.05, 3.63) is 71.7 Å². The maximum absolute atomic E-state index is 13.3. The molecular weight excluding hydrogens is 269 g/mol. The summed E-state index contributed by atoms with van der Waals surface area (Å²) in [5, 5.41) is 10.1. The van der Waals surface area contributed by atoms with Gasteiger partial charge in [0, 0.05) is 17.6 Å². The van der Waals surface area contributed by atoms with Crippen molar-refractivity contribution in [2.75, 3.05) is 0 Å². The van der Waals surface area contributed by atoms with E-state index in [2.05, 4.69) is 4.98 Å². The van der Waals surface area contributed by atoms with Crippen molar-refractivity contribution in [1.29, 1.82) is 0 Å². The molecule has 3 aromatic rings. The summed E-state index contributed by atoms with van der Waals surface area (Å²) in [6, 6.07) is 13.9. The van der Waals surface area contributed by atoms with Crippen LogP contribution in [0.3, 0.4) is 0 Å². The number of ether oxygens (including phenoxy) is 1. The largest absolute Gasteiger partial charge is 0.489 e. The Bertz CT molecular complexity index is 774. The van der Waals surface area contributed by atoms with Gasteiger partial charge in [0.1, 0.15) is 18.2 Å². The Morgan fingerprint density at radius 3 is 2.81 bits per heavy atom. The lowest BCUT2D eigenvalue weighted by Gasteiger charge is -2.08. The molecule has 3 nitrogen and oxygen atoms in total. The first-order valence-corrected chi connectivity index (χ1v) is 6.61. The first-order valence-electron chi connectivity index (χ1n) is 6.61. The van der Waals surface area contributed by atoms with Crippen molar-refractivity contribution >= 4 is 10.9 Å². The Balaban J connectivity index is 1.78. The molecule has 0 aliphatic heterocycles.